The summed E-state index contributed by atoms with van der Waals surface area (Å²) in [7, 11) is 0. The first-order chi connectivity index (χ1) is 6.76. The molecule has 0 unspecified atom stereocenters. The van der Waals surface area contributed by atoms with Crippen molar-refractivity contribution in [2.45, 2.75) is 40.0 Å². The first kappa shape index (κ1) is 12.0. The Morgan fingerprint density at radius 2 is 1.57 bits per heavy atom. The highest BCUT2D eigenvalue weighted by atomic mass is 15.2. The van der Waals surface area contributed by atoms with E-state index in [9.17, 15) is 0 Å². The second-order valence-electron chi connectivity index (χ2n) is 4.76. The largest absolute Gasteiger partial charge is 0.317 e. The van der Waals surface area contributed by atoms with Gasteiger partial charge in [0.05, 0.1) is 0 Å². The quantitative estimate of drug-likeness (QED) is 0.694. The van der Waals surface area contributed by atoms with Gasteiger partial charge in [-0.15, -0.1) is 0 Å². The third-order valence-electron chi connectivity index (χ3n) is 3.23. The van der Waals surface area contributed by atoms with Gasteiger partial charge >= 0.3 is 0 Å². The van der Waals surface area contributed by atoms with Crippen LogP contribution in [0.3, 0.4) is 0 Å². The van der Waals surface area contributed by atoms with E-state index in [0.29, 0.717) is 0 Å². The number of hydrogen-bond acceptors (Lipinski definition) is 2. The fourth-order valence-electron chi connectivity index (χ4n) is 2.40. The van der Waals surface area contributed by atoms with Gasteiger partial charge in [0.2, 0.25) is 0 Å². The van der Waals surface area contributed by atoms with Crippen LogP contribution in [0.5, 0.6) is 0 Å². The number of nitrogens with zero attached hydrogens (tertiary/aromatic N) is 1. The van der Waals surface area contributed by atoms with Gasteiger partial charge in [-0.05, 0) is 37.9 Å². The Hall–Kier alpha value is -0.0800. The van der Waals surface area contributed by atoms with Gasteiger partial charge in [0, 0.05) is 13.1 Å². The summed E-state index contributed by atoms with van der Waals surface area (Å²) in [5.41, 5.74) is 0.737. The summed E-state index contributed by atoms with van der Waals surface area (Å²) < 4.78 is 0. The van der Waals surface area contributed by atoms with Gasteiger partial charge in [0.1, 0.15) is 0 Å². The monoisotopic (exact) mass is 198 g/mol. The minimum absolute atomic E-state index is 0.737. The van der Waals surface area contributed by atoms with Crippen molar-refractivity contribution >= 4 is 0 Å². The van der Waals surface area contributed by atoms with Crippen molar-refractivity contribution in [3.63, 3.8) is 0 Å². The van der Waals surface area contributed by atoms with Crippen LogP contribution in [0, 0.1) is 5.41 Å². The molecule has 2 fully saturated rings. The molecule has 2 saturated heterocycles. The number of likely N-dealkylation sites (tertiary alicyclic amines) is 1. The van der Waals surface area contributed by atoms with Crippen LogP contribution in [0.2, 0.25) is 0 Å². The fourth-order valence-corrected chi connectivity index (χ4v) is 2.40. The summed E-state index contributed by atoms with van der Waals surface area (Å²) >= 11 is 0. The van der Waals surface area contributed by atoms with Gasteiger partial charge in [-0.2, -0.15) is 0 Å². The van der Waals surface area contributed by atoms with E-state index in [1.54, 1.807) is 0 Å². The van der Waals surface area contributed by atoms with Gasteiger partial charge < -0.3 is 10.2 Å². The van der Waals surface area contributed by atoms with E-state index < -0.39 is 0 Å². The van der Waals surface area contributed by atoms with E-state index in [0.717, 1.165) is 5.41 Å². The lowest BCUT2D eigenvalue weighted by atomic mass is 9.72. The van der Waals surface area contributed by atoms with Crippen LogP contribution in [-0.4, -0.2) is 37.6 Å². The van der Waals surface area contributed by atoms with Crippen molar-refractivity contribution < 1.29 is 0 Å². The third kappa shape index (κ3) is 2.96. The summed E-state index contributed by atoms with van der Waals surface area (Å²) in [5, 5.41) is 3.42. The molecule has 84 valence electrons. The van der Waals surface area contributed by atoms with E-state index in [-0.39, 0.29) is 0 Å². The SMILES string of the molecule is CCC.CCN1CC2(CCNCC2)C1. The van der Waals surface area contributed by atoms with E-state index >= 15 is 0 Å². The van der Waals surface area contributed by atoms with Gasteiger partial charge in [-0.3, -0.25) is 0 Å². The minimum atomic E-state index is 0.737. The predicted octanol–water partition coefficient (Wildman–Crippen LogP) is 2.11. The first-order valence-electron chi connectivity index (χ1n) is 6.19. The normalized spacial score (nSPS) is 25.1. The molecule has 2 aliphatic heterocycles. The Balaban J connectivity index is 0.000000293. The molecule has 0 aromatic heterocycles. The molecule has 1 spiro atoms. The smallest absolute Gasteiger partial charge is 0.00513 e. The molecule has 0 bridgehead atoms. The zero-order valence-corrected chi connectivity index (χ0v) is 10.1. The Morgan fingerprint density at radius 1 is 1.07 bits per heavy atom. The van der Waals surface area contributed by atoms with E-state index in [2.05, 4.69) is 31.0 Å². The Kier molecular flexibility index (Phi) is 4.90. The molecule has 2 heteroatoms. The molecule has 0 atom stereocenters. The maximum atomic E-state index is 3.42. The van der Waals surface area contributed by atoms with Crippen LogP contribution in [0.25, 0.3) is 0 Å². The lowest BCUT2D eigenvalue weighted by Gasteiger charge is -2.52. The Morgan fingerprint density at radius 3 is 2.00 bits per heavy atom. The lowest BCUT2D eigenvalue weighted by molar-refractivity contribution is -0.0188. The highest BCUT2D eigenvalue weighted by Crippen LogP contribution is 2.37. The molecule has 0 saturated carbocycles. The van der Waals surface area contributed by atoms with Gasteiger partial charge in [-0.1, -0.05) is 27.2 Å². The minimum Gasteiger partial charge on any atom is -0.317 e. The second-order valence-corrected chi connectivity index (χ2v) is 4.76. The van der Waals surface area contributed by atoms with Crippen molar-refractivity contribution in [2.24, 2.45) is 5.41 Å². The van der Waals surface area contributed by atoms with Gasteiger partial charge in [0.25, 0.3) is 0 Å². The van der Waals surface area contributed by atoms with Crippen LogP contribution < -0.4 is 5.32 Å². The predicted molar refractivity (Wildman–Crippen MR) is 62.6 cm³/mol. The van der Waals surface area contributed by atoms with Crippen LogP contribution >= 0.6 is 0 Å². The summed E-state index contributed by atoms with van der Waals surface area (Å²) in [6.07, 6.45) is 4.06. The van der Waals surface area contributed by atoms with Crippen molar-refractivity contribution in [1.82, 2.24) is 10.2 Å². The number of rotatable bonds is 1. The Labute approximate surface area is 89.1 Å². The maximum Gasteiger partial charge on any atom is 0.00513 e. The summed E-state index contributed by atoms with van der Waals surface area (Å²) in [6.45, 7) is 13.0. The molecular formula is C12H26N2. The van der Waals surface area contributed by atoms with Crippen molar-refractivity contribution in [3.8, 4) is 0 Å². The summed E-state index contributed by atoms with van der Waals surface area (Å²) in [6, 6.07) is 0. The lowest BCUT2D eigenvalue weighted by Crippen LogP contribution is -2.59. The highest BCUT2D eigenvalue weighted by Gasteiger charge is 2.42. The summed E-state index contributed by atoms with van der Waals surface area (Å²) in [4.78, 5) is 2.55. The Bertz CT molecular complexity index is 142. The molecular weight excluding hydrogens is 172 g/mol. The third-order valence-corrected chi connectivity index (χ3v) is 3.23. The molecule has 2 rings (SSSR count). The van der Waals surface area contributed by atoms with Crippen LogP contribution in [-0.2, 0) is 0 Å². The topological polar surface area (TPSA) is 15.3 Å². The van der Waals surface area contributed by atoms with Crippen molar-refractivity contribution in [2.75, 3.05) is 32.7 Å². The summed E-state index contributed by atoms with van der Waals surface area (Å²) in [5.74, 6) is 0. The molecule has 1 N–H and O–H groups in total. The molecule has 2 heterocycles. The number of nitrogens with one attached hydrogen (secondary N) is 1. The molecule has 0 aromatic carbocycles. The molecule has 2 aliphatic rings. The zero-order chi connectivity index (χ0) is 10.4. The average molecular weight is 198 g/mol. The van der Waals surface area contributed by atoms with Crippen LogP contribution in [0.1, 0.15) is 40.0 Å². The molecule has 0 aliphatic carbocycles. The van der Waals surface area contributed by atoms with Crippen molar-refractivity contribution in [3.05, 3.63) is 0 Å². The molecule has 0 aromatic rings. The van der Waals surface area contributed by atoms with E-state index in [4.69, 9.17) is 0 Å². The maximum absolute atomic E-state index is 3.42. The first-order valence-corrected chi connectivity index (χ1v) is 6.19. The molecule has 14 heavy (non-hydrogen) atoms. The van der Waals surface area contributed by atoms with Gasteiger partial charge in [-0.25, -0.2) is 0 Å². The standard InChI is InChI=1S/C9H18N2.C3H8/c1-2-11-7-9(8-11)3-5-10-6-4-9;1-3-2/h10H,2-8H2,1H3;3H2,1-2H3. The van der Waals surface area contributed by atoms with Crippen LogP contribution in [0.15, 0.2) is 0 Å². The zero-order valence-electron chi connectivity index (χ0n) is 10.1. The molecule has 2 nitrogen and oxygen atoms in total. The molecule has 0 amide bonds. The van der Waals surface area contributed by atoms with Crippen LogP contribution in [0.4, 0.5) is 0 Å². The number of hydrogen-bond donors (Lipinski definition) is 1. The van der Waals surface area contributed by atoms with E-state index in [1.165, 1.54) is 52.0 Å². The highest BCUT2D eigenvalue weighted by molar-refractivity contribution is 4.96. The molecule has 0 radical (unpaired) electrons. The number of piperidine rings is 1. The second kappa shape index (κ2) is 5.72. The van der Waals surface area contributed by atoms with Gasteiger partial charge in [0.15, 0.2) is 0 Å². The average Bonchev–Trinajstić information content (AvgIpc) is 2.16. The fraction of sp³-hybridized carbons (Fsp3) is 1.00. The van der Waals surface area contributed by atoms with E-state index in [1.807, 2.05) is 0 Å². The van der Waals surface area contributed by atoms with Crippen molar-refractivity contribution in [1.29, 1.82) is 0 Å².